The van der Waals surface area contributed by atoms with Gasteiger partial charge in [0, 0.05) is 88.9 Å². The average Bonchev–Trinajstić information content (AvgIpc) is 1.60. The van der Waals surface area contributed by atoms with Gasteiger partial charge in [0.15, 0.2) is 35.5 Å². The van der Waals surface area contributed by atoms with E-state index in [9.17, 15) is 72.5 Å². The van der Waals surface area contributed by atoms with Crippen molar-refractivity contribution in [1.29, 1.82) is 0 Å². The van der Waals surface area contributed by atoms with E-state index in [2.05, 4.69) is 63.0 Å². The summed E-state index contributed by atoms with van der Waals surface area (Å²) in [5.41, 5.74) is 2.70. The van der Waals surface area contributed by atoms with Crippen molar-refractivity contribution in [2.45, 2.75) is 154 Å². The van der Waals surface area contributed by atoms with Crippen LogP contribution in [0.4, 0.5) is 32.3 Å². The molecule has 3 fully saturated rings. The summed E-state index contributed by atoms with van der Waals surface area (Å²) in [4.78, 5) is 179. The van der Waals surface area contributed by atoms with Gasteiger partial charge in [0.1, 0.15) is 37.4 Å². The summed E-state index contributed by atoms with van der Waals surface area (Å²) in [7, 11) is 4.25. The highest BCUT2D eigenvalue weighted by Gasteiger charge is 2.49. The first kappa shape index (κ1) is 90.5. The second-order valence-corrected chi connectivity index (χ2v) is 30.1. The van der Waals surface area contributed by atoms with E-state index in [1.165, 1.54) is 69.2 Å². The van der Waals surface area contributed by atoms with Crippen LogP contribution in [-0.2, 0) is 80.0 Å². The zero-order valence-corrected chi connectivity index (χ0v) is 68.3. The van der Waals surface area contributed by atoms with Gasteiger partial charge in [-0.05, 0) is 86.1 Å². The molecule has 0 saturated carbocycles. The first-order valence-electron chi connectivity index (χ1n) is 38.7. The number of aliphatic hydroxyl groups excluding tert-OH is 2. The number of ether oxygens (including phenoxy) is 9. The number of methoxy groups -OCH3 is 3. The minimum Gasteiger partial charge on any atom is -0.493 e. The number of anilines is 4. The molecule has 9 N–H and O–H groups in total. The first-order chi connectivity index (χ1) is 56.3. The van der Waals surface area contributed by atoms with Crippen molar-refractivity contribution in [3.63, 3.8) is 0 Å². The van der Waals surface area contributed by atoms with Gasteiger partial charge in [0.05, 0.1) is 100 Å². The van der Waals surface area contributed by atoms with E-state index in [-0.39, 0.29) is 181 Å². The maximum atomic E-state index is 14.5. The number of amides is 13. The number of nitrogens with zero attached hydrogens (tertiary/aromatic N) is 5. The molecule has 3 unspecified atom stereocenters. The standard InChI is InChI=1S/C81H104N12O24S/c1-44(2)69(87-66(95)22-28-112-30-24-82-65(94)21-25-89-68(97)39-64(118)79(89)106)73(100)83-48(7)71(98)85-52-17-13-50(14-18-52)42-116-80(107)92-56-37-62(60(110-10)35-54(56)75(102)90-40-46(5)33-58(90)77(92)104)114-26-12-27-115-63-38-57-55(36-61(63)111-11)76(103)91-41-47(6)34-59(91)78(105)93(57)81(108)117-43-51-15-19-53(20-16-51)86-72(99)49(8)84-74(101)70(45(3)4)88-67(96)23-29-113-32-31-109-9/h13-20,35-38,44-45,48-49,58-59,64,69-70,77-78,104-105,118H,5-6,12,21-34,39-43H2,1-4,7-11H3,(H,82,94)(H,83,100)(H,84,101)(H,85,98)(H,86,99)(H,87,95)(H,88,96)/t48-,49-,58-,59-,64?,69-,70-,77?,78?/m0/s1. The van der Waals surface area contributed by atoms with E-state index in [0.717, 1.165) is 14.7 Å². The molecule has 3 saturated heterocycles. The van der Waals surface area contributed by atoms with Crippen molar-refractivity contribution >= 4 is 113 Å². The topological polar surface area (TPSA) is 446 Å². The van der Waals surface area contributed by atoms with Crippen molar-refractivity contribution < 1.29 is 115 Å². The summed E-state index contributed by atoms with van der Waals surface area (Å²) in [5, 5.41) is 42.3. The van der Waals surface area contributed by atoms with Gasteiger partial charge in [-0.2, -0.15) is 12.6 Å². The monoisotopic (exact) mass is 1660 g/mol. The Labute approximate surface area is 688 Å². The summed E-state index contributed by atoms with van der Waals surface area (Å²) in [6.45, 7) is 18.3. The summed E-state index contributed by atoms with van der Waals surface area (Å²) in [5.74, 6) is -5.88. The Kier molecular flexibility index (Phi) is 32.3. The molecular weight excluding hydrogens is 1560 g/mol. The van der Waals surface area contributed by atoms with Crippen LogP contribution in [0.1, 0.15) is 118 Å². The van der Waals surface area contributed by atoms with Crippen molar-refractivity contribution in [3.05, 3.63) is 119 Å². The third kappa shape index (κ3) is 23.3. The van der Waals surface area contributed by atoms with Crippen molar-refractivity contribution in [2.24, 2.45) is 11.8 Å². The molecule has 638 valence electrons. The number of carbonyl (C=O) groups is 13. The lowest BCUT2D eigenvalue weighted by Crippen LogP contribution is -2.53. The number of rotatable bonds is 39. The number of imide groups is 1. The quantitative estimate of drug-likeness (QED) is 0.0129. The highest BCUT2D eigenvalue weighted by molar-refractivity contribution is 7.81. The van der Waals surface area contributed by atoms with E-state index >= 15 is 0 Å². The molecule has 0 spiro atoms. The average molecular weight is 1660 g/mol. The molecule has 0 bridgehead atoms. The molecule has 5 heterocycles. The van der Waals surface area contributed by atoms with E-state index in [4.69, 9.17) is 42.6 Å². The van der Waals surface area contributed by atoms with E-state index in [0.29, 0.717) is 46.9 Å². The van der Waals surface area contributed by atoms with Crippen LogP contribution < -0.4 is 66.0 Å². The third-order valence-electron chi connectivity index (χ3n) is 20.0. The molecule has 0 radical (unpaired) electrons. The molecule has 4 aromatic rings. The summed E-state index contributed by atoms with van der Waals surface area (Å²) in [6, 6.07) is 12.2. The smallest absolute Gasteiger partial charge is 0.416 e. The summed E-state index contributed by atoms with van der Waals surface area (Å²) < 4.78 is 51.4. The molecule has 13 amide bonds. The molecule has 9 atom stereocenters. The maximum Gasteiger partial charge on any atom is 0.416 e. The zero-order valence-electron chi connectivity index (χ0n) is 67.4. The SMILES string of the molecule is C=C1C[C@H]2C(O)N(C(=O)OCc3ccc(NC(=O)[C@H](C)NC(=O)[C@@H](NC(=O)CCOCCNC(=O)CCN4C(=O)CC(S)C4=O)C(C)C)cc3)c3cc(OCCCOc4cc5c(cc4OC)C(=O)N4CC(=C)C[C@H]4C(O)N5C(=O)OCc4ccc(NC(=O)[C@H](C)NC(=O)[C@@H](NC(=O)CCOCCOC)C(C)C)cc4)c(OC)cc3C(=O)N2C1. The lowest BCUT2D eigenvalue weighted by atomic mass is 10.0. The fourth-order valence-corrected chi connectivity index (χ4v) is 13.8. The molecular formula is C81H104N12O24S. The van der Waals surface area contributed by atoms with Gasteiger partial charge in [-0.15, -0.1) is 0 Å². The first-order valence-corrected chi connectivity index (χ1v) is 39.2. The highest BCUT2D eigenvalue weighted by Crippen LogP contribution is 2.44. The predicted molar refractivity (Wildman–Crippen MR) is 429 cm³/mol. The van der Waals surface area contributed by atoms with Crippen molar-refractivity contribution in [2.75, 3.05) is 114 Å². The van der Waals surface area contributed by atoms with Gasteiger partial charge < -0.3 is 99.9 Å². The van der Waals surface area contributed by atoms with Gasteiger partial charge >= 0.3 is 12.2 Å². The Morgan fingerprint density at radius 1 is 0.517 bits per heavy atom. The molecule has 36 nitrogen and oxygen atoms in total. The van der Waals surface area contributed by atoms with E-state index < -0.39 is 125 Å². The number of hydrogen-bond donors (Lipinski definition) is 10. The van der Waals surface area contributed by atoms with Crippen LogP contribution in [0.5, 0.6) is 23.0 Å². The number of thiol groups is 1. The van der Waals surface area contributed by atoms with Gasteiger partial charge in [-0.25, -0.2) is 19.4 Å². The predicted octanol–water partition coefficient (Wildman–Crippen LogP) is 4.23. The van der Waals surface area contributed by atoms with Gasteiger partial charge in [-0.3, -0.25) is 57.6 Å². The Morgan fingerprint density at radius 3 is 1.35 bits per heavy atom. The van der Waals surface area contributed by atoms with Crippen LogP contribution >= 0.6 is 12.6 Å². The Bertz CT molecular complexity index is 4380. The third-order valence-corrected chi connectivity index (χ3v) is 20.4. The molecule has 37 heteroatoms. The normalized spacial score (nSPS) is 18.5. The van der Waals surface area contributed by atoms with Gasteiger partial charge in [0.25, 0.3) is 11.8 Å². The van der Waals surface area contributed by atoms with E-state index in [1.54, 1.807) is 76.2 Å². The van der Waals surface area contributed by atoms with Crippen molar-refractivity contribution in [1.82, 2.24) is 41.3 Å². The number of hydrogen-bond acceptors (Lipinski definition) is 25. The maximum absolute atomic E-state index is 14.5. The lowest BCUT2D eigenvalue weighted by molar-refractivity contribution is -0.139. The Morgan fingerprint density at radius 2 is 0.949 bits per heavy atom. The van der Waals surface area contributed by atoms with Gasteiger partial charge in [0.2, 0.25) is 53.2 Å². The second-order valence-electron chi connectivity index (χ2n) is 29.5. The molecule has 4 aromatic carbocycles. The number of carbonyl (C=O) groups excluding carboxylic acids is 13. The number of fused-ring (bicyclic) bond motifs is 4. The molecule has 9 rings (SSSR count). The van der Waals surface area contributed by atoms with Crippen LogP contribution in [0.2, 0.25) is 0 Å². The fourth-order valence-electron chi connectivity index (χ4n) is 13.5. The fraction of sp³-hybridized carbons (Fsp3) is 0.494. The molecule has 5 aliphatic heterocycles. The lowest BCUT2D eigenvalue weighted by Gasteiger charge is -2.31. The number of aliphatic hydroxyl groups is 2. The molecule has 0 aliphatic carbocycles. The largest absolute Gasteiger partial charge is 0.493 e. The molecule has 0 aromatic heterocycles. The van der Waals surface area contributed by atoms with Crippen LogP contribution in [-0.4, -0.2) is 250 Å². The number of benzene rings is 4. The summed E-state index contributed by atoms with van der Waals surface area (Å²) >= 11 is 4.07. The molecule has 118 heavy (non-hydrogen) atoms. The zero-order chi connectivity index (χ0) is 85.8. The van der Waals surface area contributed by atoms with Gasteiger partial charge in [-0.1, -0.05) is 76.3 Å². The summed E-state index contributed by atoms with van der Waals surface area (Å²) in [6.07, 6.45) is -5.09. The Balaban J connectivity index is 0.780. The number of likely N-dealkylation sites (tertiary alicyclic amines) is 1. The minimum atomic E-state index is -1.65. The Hall–Kier alpha value is -11.4. The van der Waals surface area contributed by atoms with Crippen molar-refractivity contribution in [3.8, 4) is 23.0 Å². The number of nitrogens with one attached hydrogen (secondary N) is 7. The minimum absolute atomic E-state index is 0.0139. The van der Waals surface area contributed by atoms with Crippen LogP contribution in [0.25, 0.3) is 0 Å². The highest BCUT2D eigenvalue weighted by atomic mass is 32.1. The van der Waals surface area contributed by atoms with Crippen LogP contribution in [0.3, 0.4) is 0 Å². The second kappa shape index (κ2) is 42.1. The molecule has 5 aliphatic rings. The van der Waals surface area contributed by atoms with Crippen LogP contribution in [0, 0.1) is 11.8 Å². The van der Waals surface area contributed by atoms with Crippen LogP contribution in [0.15, 0.2) is 97.1 Å². The van der Waals surface area contributed by atoms with E-state index in [1.807, 2.05) is 0 Å².